The Bertz CT molecular complexity index is 4720. The number of aromatic hydroxyl groups is 1. The zero-order valence-electron chi connectivity index (χ0n) is 66.7. The Labute approximate surface area is 695 Å². The molecule has 7 rings (SSSR count). The van der Waals surface area contributed by atoms with Crippen LogP contribution in [-0.2, 0) is 115 Å². The number of para-hydroxylation sites is 2. The van der Waals surface area contributed by atoms with E-state index in [4.69, 9.17) is 0 Å². The molecule has 12 atom stereocenters. The molecule has 14 amide bonds. The van der Waals surface area contributed by atoms with E-state index < -0.39 is 268 Å². The molecule has 3 aromatic carbocycles. The number of carboxylic acid groups (broad SMARTS) is 6. The van der Waals surface area contributed by atoms with E-state index in [1.54, 1.807) is 74.8 Å². The lowest BCUT2D eigenvalue weighted by atomic mass is 9.99. The monoisotopic (exact) mass is 1700 g/mol. The maximum atomic E-state index is 14.8. The first-order valence-corrected chi connectivity index (χ1v) is 39.2. The van der Waals surface area contributed by atoms with Crippen LogP contribution in [0.1, 0.15) is 134 Å². The number of H-pyrrole nitrogens is 2. The summed E-state index contributed by atoms with van der Waals surface area (Å²) in [6.45, 7) is 3.15. The Balaban J connectivity index is 1.05. The summed E-state index contributed by atoms with van der Waals surface area (Å²) < 4.78 is 0. The van der Waals surface area contributed by atoms with E-state index in [0.29, 0.717) is 44.9 Å². The molecule has 0 saturated carbocycles. The number of likely N-dealkylation sites (tertiary alicyclic amines) is 1. The Morgan fingerprint density at radius 3 is 1.27 bits per heavy atom. The maximum Gasteiger partial charge on any atom is 0.326 e. The van der Waals surface area contributed by atoms with E-state index in [0.717, 1.165) is 6.92 Å². The molecule has 2 aliphatic rings. The highest BCUT2D eigenvalue weighted by molar-refractivity contribution is 6.01. The predicted molar refractivity (Wildman–Crippen MR) is 424 cm³/mol. The predicted octanol–water partition coefficient (Wildman–Crippen LogP) is -2.79. The number of aromatic nitrogens is 2. The van der Waals surface area contributed by atoms with Gasteiger partial charge < -0.3 is 120 Å². The average molecular weight is 1710 g/mol. The molecule has 0 spiro atoms. The fraction of sp³-hybridized carbons (Fsp3) is 0.468. The number of benzene rings is 3. The Kier molecular flexibility index (Phi) is 35.7. The third kappa shape index (κ3) is 29.8. The number of hydrogen-bond donors (Lipinski definition) is 22. The average Bonchev–Trinajstić information content (AvgIpc) is 1.67. The van der Waals surface area contributed by atoms with Gasteiger partial charge in [-0.3, -0.25) is 91.1 Å². The second-order valence-electron chi connectivity index (χ2n) is 29.8. The third-order valence-corrected chi connectivity index (χ3v) is 20.0. The Morgan fingerprint density at radius 2 is 0.836 bits per heavy atom. The van der Waals surface area contributed by atoms with Crippen LogP contribution in [-0.4, -0.2) is 261 Å². The number of aliphatic carboxylic acids is 6. The molecule has 0 bridgehead atoms. The quantitative estimate of drug-likeness (QED) is 0.0187. The summed E-state index contributed by atoms with van der Waals surface area (Å²) in [4.78, 5) is 275. The number of phenolic OH excluding ortho intramolecular Hbond substituents is 1. The lowest BCUT2D eigenvalue weighted by Crippen LogP contribution is -2.61. The third-order valence-electron chi connectivity index (χ3n) is 20.0. The molecule has 122 heavy (non-hydrogen) atoms. The first kappa shape index (κ1) is 95.1. The summed E-state index contributed by atoms with van der Waals surface area (Å²) in [6.07, 6.45) is -5.59. The van der Waals surface area contributed by atoms with Crippen molar-refractivity contribution in [1.82, 2.24) is 84.0 Å². The number of rotatable bonds is 49. The summed E-state index contributed by atoms with van der Waals surface area (Å²) >= 11 is 0. The molecule has 0 radical (unpaired) electrons. The van der Waals surface area contributed by atoms with Crippen molar-refractivity contribution >= 4 is 140 Å². The largest absolute Gasteiger partial charge is 0.508 e. The van der Waals surface area contributed by atoms with E-state index in [1.165, 1.54) is 29.2 Å². The number of hydrogen-bond acceptors (Lipinski definition) is 21. The number of aromatic amines is 2. The van der Waals surface area contributed by atoms with E-state index in [2.05, 4.69) is 79.1 Å². The van der Waals surface area contributed by atoms with Gasteiger partial charge in [-0.25, -0.2) is 4.79 Å². The van der Waals surface area contributed by atoms with Crippen LogP contribution in [0, 0.1) is 5.92 Å². The molecule has 2 saturated heterocycles. The fourth-order valence-electron chi connectivity index (χ4n) is 13.6. The van der Waals surface area contributed by atoms with E-state index in [9.17, 15) is 132 Å². The van der Waals surface area contributed by atoms with Gasteiger partial charge in [0.05, 0.1) is 13.1 Å². The first-order valence-electron chi connectivity index (χ1n) is 39.2. The SMILES string of the molecule is CC(C)C[C@H](NC(=O)[C@H](Cc1c[nH]c2ccccc12)NC(=O)[C@@H]1CCCN1C(=O)CNC(=O)[C@@H]1CCC(=O)N1)C(=O)N[C@@H](CCC(=O)O)C(=O)N[C@@H](CCC(=O)O)C(=O)N[C@@H](CCC(=O)O)C(=O)N[C@@H](CCC(=O)O)C(=O)N[C@@H](CCC(=O)O)C(=O)N[C@@H](C)C(=O)N[C@@H](Cc1ccc(O)cc1)C(=O)NCC(=O)N[C@@H](Cc1c[nH]c2ccccc12)C(=O)O. The van der Waals surface area contributed by atoms with Gasteiger partial charge in [0, 0.05) is 98.5 Å². The molecule has 2 fully saturated rings. The second kappa shape index (κ2) is 45.8. The molecular formula is C79H100N16O27. The van der Waals surface area contributed by atoms with Crippen LogP contribution in [0.3, 0.4) is 0 Å². The van der Waals surface area contributed by atoms with Crippen LogP contribution in [0.2, 0.25) is 0 Å². The van der Waals surface area contributed by atoms with Crippen LogP contribution in [0.25, 0.3) is 21.8 Å². The molecule has 0 aliphatic carbocycles. The topological polar surface area (TPSA) is 674 Å². The van der Waals surface area contributed by atoms with Gasteiger partial charge in [0.15, 0.2) is 0 Å². The highest BCUT2D eigenvalue weighted by atomic mass is 16.4. The first-order chi connectivity index (χ1) is 57.8. The molecule has 658 valence electrons. The molecule has 0 unspecified atom stereocenters. The van der Waals surface area contributed by atoms with Crippen molar-refractivity contribution in [2.24, 2.45) is 5.92 Å². The highest BCUT2D eigenvalue weighted by Crippen LogP contribution is 2.24. The molecule has 5 aromatic rings. The van der Waals surface area contributed by atoms with Gasteiger partial charge in [0.25, 0.3) is 0 Å². The van der Waals surface area contributed by atoms with Gasteiger partial charge in [-0.2, -0.15) is 0 Å². The minimum absolute atomic E-state index is 0.0894. The summed E-state index contributed by atoms with van der Waals surface area (Å²) in [6, 6.07) is -0.756. The standard InChI is InChI=1S/C79H100N16O27/c1-39(2)31-55(93-77(119)57(33-42-35-80-47-11-6-4-9-45(42)47)94-78(120)59-13-8-30-95(59)62(99)38-83-69(111)49-18-24-60(97)85-49)76(118)91-54(23-29-67(108)109)75(117)90-53(22-28-66(106)107)74(116)89-52(21-27-65(104)105)73(115)88-51(20-26-64(102)103)72(114)87-50(19-25-63(100)101)71(113)84-40(3)68(110)92-56(32-41-14-16-44(96)17-15-41)70(112)82-37-61(98)86-58(79(121)122)34-43-36-81-48-12-7-5-10-46(43)48/h4-7,9-12,14-17,35-36,39-40,49-59,80-81,96H,8,13,18-34,37-38H2,1-3H3,(H,82,112)(H,83,111)(H,84,113)(H,85,97)(H,86,98)(H,87,114)(H,88,115)(H,89,116)(H,90,117)(H,91,118)(H,92,110)(H,93,119)(H,94,120)(H,100,101)(H,102,103)(H,104,105)(H,106,107)(H,108,109)(H,121,122)/t40-,49-,50-,51-,52-,53-,54-,55-,56-,57-,58-,59-/m0/s1. The van der Waals surface area contributed by atoms with Crippen molar-refractivity contribution in [3.05, 3.63) is 102 Å². The lowest BCUT2D eigenvalue weighted by Gasteiger charge is -2.29. The lowest BCUT2D eigenvalue weighted by molar-refractivity contribution is -0.142. The van der Waals surface area contributed by atoms with Crippen molar-refractivity contribution in [3.8, 4) is 5.75 Å². The number of nitrogens with one attached hydrogen (secondary N) is 15. The molecule has 22 N–H and O–H groups in total. The van der Waals surface area contributed by atoms with Crippen molar-refractivity contribution < 1.29 is 132 Å². The number of phenols is 1. The fourth-order valence-corrected chi connectivity index (χ4v) is 13.6. The summed E-state index contributed by atoms with van der Waals surface area (Å²) in [5.41, 5.74) is 2.76. The van der Waals surface area contributed by atoms with Gasteiger partial charge >= 0.3 is 35.8 Å². The van der Waals surface area contributed by atoms with E-state index in [-0.39, 0.29) is 63.1 Å². The minimum Gasteiger partial charge on any atom is -0.508 e. The number of amides is 14. The zero-order valence-corrected chi connectivity index (χ0v) is 66.7. The molecular weight excluding hydrogens is 1600 g/mol. The van der Waals surface area contributed by atoms with Crippen molar-refractivity contribution in [2.45, 2.75) is 209 Å². The van der Waals surface area contributed by atoms with Crippen LogP contribution in [0.15, 0.2) is 85.2 Å². The van der Waals surface area contributed by atoms with Crippen LogP contribution in [0.4, 0.5) is 0 Å². The maximum absolute atomic E-state index is 14.8. The Morgan fingerprint density at radius 1 is 0.426 bits per heavy atom. The molecule has 4 heterocycles. The number of nitrogens with zero attached hydrogens (tertiary/aromatic N) is 1. The van der Waals surface area contributed by atoms with Crippen molar-refractivity contribution in [3.63, 3.8) is 0 Å². The van der Waals surface area contributed by atoms with E-state index in [1.807, 2.05) is 0 Å². The van der Waals surface area contributed by atoms with Crippen LogP contribution in [0.5, 0.6) is 5.75 Å². The van der Waals surface area contributed by atoms with Gasteiger partial charge in [-0.1, -0.05) is 62.4 Å². The molecule has 43 nitrogen and oxygen atoms in total. The second-order valence-corrected chi connectivity index (χ2v) is 29.8. The van der Waals surface area contributed by atoms with E-state index >= 15 is 0 Å². The number of carboxylic acids is 6. The minimum atomic E-state index is -2.10. The molecule has 43 heteroatoms. The van der Waals surface area contributed by atoms with Crippen molar-refractivity contribution in [2.75, 3.05) is 19.6 Å². The molecule has 2 aromatic heterocycles. The Hall–Kier alpha value is -14.1. The van der Waals surface area contributed by atoms with Gasteiger partial charge in [0.2, 0.25) is 82.7 Å². The summed E-state index contributed by atoms with van der Waals surface area (Å²) in [7, 11) is 0. The smallest absolute Gasteiger partial charge is 0.326 e. The normalized spacial score (nSPS) is 16.0. The van der Waals surface area contributed by atoms with Crippen LogP contribution >= 0.6 is 0 Å². The summed E-state index contributed by atoms with van der Waals surface area (Å²) in [5.74, 6) is -24.3. The zero-order chi connectivity index (χ0) is 89.6. The highest BCUT2D eigenvalue weighted by Gasteiger charge is 2.41. The number of carbonyl (C=O) groups is 20. The number of fused-ring (bicyclic) bond motifs is 2. The van der Waals surface area contributed by atoms with Gasteiger partial charge in [-0.05, 0) is 112 Å². The summed E-state index contributed by atoms with van der Waals surface area (Å²) in [5, 5.41) is 101. The molecule has 2 aliphatic heterocycles. The van der Waals surface area contributed by atoms with Crippen molar-refractivity contribution in [1.29, 1.82) is 0 Å². The van der Waals surface area contributed by atoms with Crippen LogP contribution < -0.4 is 69.1 Å². The van der Waals surface area contributed by atoms with Gasteiger partial charge in [-0.15, -0.1) is 0 Å². The van der Waals surface area contributed by atoms with Gasteiger partial charge in [0.1, 0.15) is 78.3 Å². The number of carbonyl (C=O) groups excluding carboxylic acids is 14.